The molecule has 2 heterocycles. The molecule has 0 atom stereocenters. The molecule has 3 nitrogen and oxygen atoms in total. The summed E-state index contributed by atoms with van der Waals surface area (Å²) < 4.78 is 13.9. The number of aryl methyl sites for hydroxylation is 1. The van der Waals surface area contributed by atoms with Gasteiger partial charge in [0.15, 0.2) is 0 Å². The van der Waals surface area contributed by atoms with Gasteiger partial charge in [0.25, 0.3) is 0 Å². The van der Waals surface area contributed by atoms with E-state index < -0.39 is 0 Å². The highest BCUT2D eigenvalue weighted by molar-refractivity contribution is 5.89. The van der Waals surface area contributed by atoms with Gasteiger partial charge in [-0.2, -0.15) is 0 Å². The molecule has 0 aliphatic heterocycles. The summed E-state index contributed by atoms with van der Waals surface area (Å²) in [6.45, 7) is 3.80. The normalized spacial score (nSPS) is 10.5. The lowest BCUT2D eigenvalue weighted by Crippen LogP contribution is -1.99. The lowest BCUT2D eigenvalue weighted by atomic mass is 9.96. The number of halogens is 1. The molecule has 0 unspecified atom stereocenters. The van der Waals surface area contributed by atoms with Crippen molar-refractivity contribution in [2.24, 2.45) is 0 Å². The fraction of sp³-hybridized carbons (Fsp3) is 0.158. The number of rotatable bonds is 3. The lowest BCUT2D eigenvalue weighted by molar-refractivity contribution is 0.610. The van der Waals surface area contributed by atoms with Crippen LogP contribution in [0.4, 0.5) is 10.2 Å². The Balaban J connectivity index is 2.17. The predicted octanol–water partition coefficient (Wildman–Crippen LogP) is 4.31. The van der Waals surface area contributed by atoms with Crippen LogP contribution in [-0.2, 0) is 6.42 Å². The molecule has 114 valence electrons. The fourth-order valence-electron chi connectivity index (χ4n) is 2.72. The van der Waals surface area contributed by atoms with Crippen molar-refractivity contribution < 1.29 is 4.39 Å². The van der Waals surface area contributed by atoms with E-state index in [1.165, 1.54) is 6.20 Å². The average molecular weight is 305 g/mol. The molecule has 0 amide bonds. The Hall–Kier alpha value is -2.93. The SMILES string of the molecule is C#CNc1cc2ccc(-c3c(CC)ncc(F)c3C)cc2cn1. The first kappa shape index (κ1) is 15.0. The fourth-order valence-corrected chi connectivity index (χ4v) is 2.72. The van der Waals surface area contributed by atoms with E-state index in [4.69, 9.17) is 6.42 Å². The van der Waals surface area contributed by atoms with Crippen LogP contribution in [0, 0.1) is 25.2 Å². The van der Waals surface area contributed by atoms with Gasteiger partial charge in [0.05, 0.1) is 6.20 Å². The molecule has 0 aliphatic carbocycles. The second kappa shape index (κ2) is 6.05. The lowest BCUT2D eigenvalue weighted by Gasteiger charge is -2.12. The van der Waals surface area contributed by atoms with Gasteiger partial charge < -0.3 is 0 Å². The zero-order chi connectivity index (χ0) is 16.4. The molecule has 0 bridgehead atoms. The van der Waals surface area contributed by atoms with Gasteiger partial charge in [-0.25, -0.2) is 9.37 Å². The average Bonchev–Trinajstić information content (AvgIpc) is 2.57. The summed E-state index contributed by atoms with van der Waals surface area (Å²) in [4.78, 5) is 8.50. The van der Waals surface area contributed by atoms with E-state index in [0.29, 0.717) is 11.4 Å². The van der Waals surface area contributed by atoms with Crippen molar-refractivity contribution >= 4 is 16.6 Å². The van der Waals surface area contributed by atoms with Gasteiger partial charge in [0.2, 0.25) is 0 Å². The number of aromatic nitrogens is 2. The molecule has 3 rings (SSSR count). The Labute approximate surface area is 134 Å². The van der Waals surface area contributed by atoms with Gasteiger partial charge >= 0.3 is 0 Å². The molecule has 1 N–H and O–H groups in total. The van der Waals surface area contributed by atoms with Gasteiger partial charge in [-0.05, 0) is 42.0 Å². The number of fused-ring (bicyclic) bond motifs is 1. The van der Waals surface area contributed by atoms with Crippen molar-refractivity contribution in [3.05, 3.63) is 53.7 Å². The van der Waals surface area contributed by atoms with E-state index >= 15 is 0 Å². The highest BCUT2D eigenvalue weighted by atomic mass is 19.1. The van der Waals surface area contributed by atoms with Crippen LogP contribution in [-0.4, -0.2) is 9.97 Å². The molecule has 0 radical (unpaired) electrons. The Bertz CT molecular complexity index is 926. The smallest absolute Gasteiger partial charge is 0.145 e. The van der Waals surface area contributed by atoms with Gasteiger partial charge in [-0.3, -0.25) is 10.3 Å². The highest BCUT2D eigenvalue weighted by Crippen LogP contribution is 2.31. The maximum atomic E-state index is 13.9. The molecule has 0 fully saturated rings. The topological polar surface area (TPSA) is 37.8 Å². The zero-order valence-corrected chi connectivity index (χ0v) is 13.0. The van der Waals surface area contributed by atoms with Crippen LogP contribution in [0.2, 0.25) is 0 Å². The largest absolute Gasteiger partial charge is 0.300 e. The Kier molecular flexibility index (Phi) is 3.94. The van der Waals surface area contributed by atoms with Crippen molar-refractivity contribution in [2.75, 3.05) is 5.32 Å². The Morgan fingerprint density at radius 1 is 1.17 bits per heavy atom. The van der Waals surface area contributed by atoms with E-state index in [1.807, 2.05) is 31.2 Å². The van der Waals surface area contributed by atoms with Crippen molar-refractivity contribution in [1.82, 2.24) is 9.97 Å². The summed E-state index contributed by atoms with van der Waals surface area (Å²) in [5, 5.41) is 4.72. The number of nitrogens with zero attached hydrogens (tertiary/aromatic N) is 2. The maximum Gasteiger partial charge on any atom is 0.145 e. The predicted molar refractivity (Wildman–Crippen MR) is 91.5 cm³/mol. The minimum Gasteiger partial charge on any atom is -0.300 e. The van der Waals surface area contributed by atoms with Crippen molar-refractivity contribution in [3.8, 4) is 23.6 Å². The van der Waals surface area contributed by atoms with Gasteiger partial charge in [-0.15, -0.1) is 0 Å². The summed E-state index contributed by atoms with van der Waals surface area (Å²) >= 11 is 0. The molecule has 1 aromatic carbocycles. The Morgan fingerprint density at radius 2 is 2.00 bits per heavy atom. The van der Waals surface area contributed by atoms with E-state index in [1.54, 1.807) is 13.1 Å². The van der Waals surface area contributed by atoms with Crippen LogP contribution in [0.1, 0.15) is 18.2 Å². The van der Waals surface area contributed by atoms with Gasteiger partial charge in [-0.1, -0.05) is 25.5 Å². The number of hydrogen-bond donors (Lipinski definition) is 1. The molecule has 23 heavy (non-hydrogen) atoms. The van der Waals surface area contributed by atoms with Crippen molar-refractivity contribution in [3.63, 3.8) is 0 Å². The molecule has 3 aromatic rings. The van der Waals surface area contributed by atoms with E-state index in [0.717, 1.165) is 34.0 Å². The first-order chi connectivity index (χ1) is 11.1. The first-order valence-corrected chi connectivity index (χ1v) is 7.39. The minimum absolute atomic E-state index is 0.288. The first-order valence-electron chi connectivity index (χ1n) is 7.39. The molecule has 0 spiro atoms. The van der Waals surface area contributed by atoms with Crippen LogP contribution >= 0.6 is 0 Å². The van der Waals surface area contributed by atoms with Crippen LogP contribution in [0.25, 0.3) is 21.9 Å². The van der Waals surface area contributed by atoms with Crippen molar-refractivity contribution in [2.45, 2.75) is 20.3 Å². The zero-order valence-electron chi connectivity index (χ0n) is 13.0. The summed E-state index contributed by atoms with van der Waals surface area (Å²) in [5.41, 5.74) is 3.31. The van der Waals surface area contributed by atoms with Crippen LogP contribution < -0.4 is 5.32 Å². The highest BCUT2D eigenvalue weighted by Gasteiger charge is 2.13. The quantitative estimate of drug-likeness (QED) is 0.579. The standard InChI is InChI=1S/C19H16FN3/c1-4-17-19(12(3)16(20)11-22-17)14-7-6-13-9-18(21-5-2)23-10-15(13)8-14/h2,6-11H,4H2,1,3H3,(H,21,23). The van der Waals surface area contributed by atoms with Crippen LogP contribution in [0.15, 0.2) is 36.7 Å². The van der Waals surface area contributed by atoms with Crippen LogP contribution in [0.5, 0.6) is 0 Å². The molecule has 0 saturated carbocycles. The Morgan fingerprint density at radius 3 is 2.74 bits per heavy atom. The van der Waals surface area contributed by atoms with E-state index in [2.05, 4.69) is 21.3 Å². The molecule has 4 heteroatoms. The van der Waals surface area contributed by atoms with Gasteiger partial charge in [0, 0.05) is 28.9 Å². The molecular formula is C19H16FN3. The third kappa shape index (κ3) is 2.74. The number of hydrogen-bond acceptors (Lipinski definition) is 3. The third-order valence-corrected chi connectivity index (χ3v) is 3.90. The third-order valence-electron chi connectivity index (χ3n) is 3.90. The van der Waals surface area contributed by atoms with Gasteiger partial charge in [0.1, 0.15) is 11.6 Å². The number of anilines is 1. The molecular weight excluding hydrogens is 289 g/mol. The van der Waals surface area contributed by atoms with Crippen LogP contribution in [0.3, 0.4) is 0 Å². The number of nitrogens with one attached hydrogen (secondary N) is 1. The minimum atomic E-state index is -0.288. The molecule has 0 saturated heterocycles. The van der Waals surface area contributed by atoms with Crippen molar-refractivity contribution in [1.29, 1.82) is 0 Å². The summed E-state index contributed by atoms with van der Waals surface area (Å²) in [7, 11) is 0. The second-order valence-electron chi connectivity index (χ2n) is 5.31. The number of terminal acetylenes is 1. The molecule has 0 aliphatic rings. The second-order valence-corrected chi connectivity index (χ2v) is 5.31. The summed E-state index contributed by atoms with van der Waals surface area (Å²) in [5.74, 6) is 0.342. The number of pyridine rings is 2. The van der Waals surface area contributed by atoms with E-state index in [9.17, 15) is 4.39 Å². The molecule has 2 aromatic heterocycles. The van der Waals surface area contributed by atoms with E-state index in [-0.39, 0.29) is 5.82 Å². The number of benzene rings is 1. The summed E-state index contributed by atoms with van der Waals surface area (Å²) in [6, 6.07) is 10.2. The monoisotopic (exact) mass is 305 g/mol. The summed E-state index contributed by atoms with van der Waals surface area (Å²) in [6.07, 6.45) is 9.02. The maximum absolute atomic E-state index is 13.9.